The van der Waals surface area contributed by atoms with Crippen LogP contribution in [-0.2, 0) is 30.8 Å². The van der Waals surface area contributed by atoms with E-state index in [-0.39, 0.29) is 6.42 Å². The first kappa shape index (κ1) is 12.2. The summed E-state index contributed by atoms with van der Waals surface area (Å²) < 4.78 is 2.19. The molecule has 1 aliphatic rings. The number of rotatable bonds is 4. The van der Waals surface area contributed by atoms with E-state index < -0.39 is 5.97 Å². The van der Waals surface area contributed by atoms with Gasteiger partial charge in [-0.2, -0.15) is 0 Å². The number of fused-ring (bicyclic) bond motifs is 2. The summed E-state index contributed by atoms with van der Waals surface area (Å²) in [6.07, 6.45) is 3.15. The summed E-state index contributed by atoms with van der Waals surface area (Å²) in [4.78, 5) is 11.0. The zero-order valence-electron chi connectivity index (χ0n) is 11.1. The Morgan fingerprint density at radius 2 is 2.11 bits per heavy atom. The minimum atomic E-state index is -0.769. The van der Waals surface area contributed by atoms with Crippen LogP contribution in [0.15, 0.2) is 18.3 Å². The molecule has 0 amide bonds. The van der Waals surface area contributed by atoms with Crippen LogP contribution in [0.4, 0.5) is 0 Å². The number of hydrogen-bond acceptors (Lipinski definition) is 2. The number of nitrogens with zero attached hydrogens (tertiary/aromatic N) is 1. The maximum atomic E-state index is 11.0. The molecule has 0 saturated heterocycles. The van der Waals surface area contributed by atoms with Crippen molar-refractivity contribution in [3.63, 3.8) is 0 Å². The molecule has 0 aliphatic carbocycles. The van der Waals surface area contributed by atoms with Crippen molar-refractivity contribution in [3.05, 3.63) is 35.0 Å². The van der Waals surface area contributed by atoms with Crippen LogP contribution in [-0.4, -0.2) is 15.6 Å². The van der Waals surface area contributed by atoms with Gasteiger partial charge < -0.3 is 15.0 Å². The second kappa shape index (κ2) is 4.70. The van der Waals surface area contributed by atoms with Gasteiger partial charge in [0.05, 0.1) is 6.42 Å². The Morgan fingerprint density at radius 3 is 2.79 bits per heavy atom. The first-order valence-electron chi connectivity index (χ1n) is 6.75. The Bertz CT molecular complexity index is 643. The third-order valence-corrected chi connectivity index (χ3v) is 3.72. The number of hydrogen-bond donors (Lipinski definition) is 2. The maximum absolute atomic E-state index is 11.0. The normalized spacial score (nSPS) is 13.9. The molecule has 2 aromatic rings. The summed E-state index contributed by atoms with van der Waals surface area (Å²) in [6.45, 7) is 4.87. The predicted octanol–water partition coefficient (Wildman–Crippen LogP) is 2.28. The molecule has 0 bridgehead atoms. The third-order valence-electron chi connectivity index (χ3n) is 3.72. The van der Waals surface area contributed by atoms with Crippen LogP contribution in [0.3, 0.4) is 0 Å². The van der Waals surface area contributed by atoms with Gasteiger partial charge in [0.1, 0.15) is 0 Å². The average Bonchev–Trinajstić information content (AvgIpc) is 2.93. The van der Waals surface area contributed by atoms with Crippen LogP contribution < -0.4 is 5.32 Å². The molecule has 0 radical (unpaired) electrons. The van der Waals surface area contributed by atoms with Gasteiger partial charge in [-0.3, -0.25) is 4.79 Å². The molecule has 0 spiro atoms. The quantitative estimate of drug-likeness (QED) is 0.884. The van der Waals surface area contributed by atoms with Gasteiger partial charge in [0.25, 0.3) is 0 Å². The van der Waals surface area contributed by atoms with Crippen molar-refractivity contribution < 1.29 is 9.90 Å². The number of nitrogens with one attached hydrogen (secondary N) is 1. The van der Waals surface area contributed by atoms with Crippen molar-refractivity contribution >= 4 is 16.9 Å². The highest BCUT2D eigenvalue weighted by molar-refractivity contribution is 5.89. The summed E-state index contributed by atoms with van der Waals surface area (Å²) >= 11 is 0. The second-order valence-corrected chi connectivity index (χ2v) is 5.16. The molecule has 4 nitrogen and oxygen atoms in total. The molecule has 1 aromatic carbocycles. The lowest BCUT2D eigenvalue weighted by atomic mass is 10.0. The zero-order chi connectivity index (χ0) is 13.4. The molecule has 2 N–H and O–H groups in total. The van der Waals surface area contributed by atoms with Crippen LogP contribution in [0, 0.1) is 0 Å². The number of aliphatic carboxylic acids is 1. The fourth-order valence-electron chi connectivity index (χ4n) is 2.89. The van der Waals surface area contributed by atoms with E-state index in [4.69, 9.17) is 5.11 Å². The molecule has 4 heteroatoms. The zero-order valence-corrected chi connectivity index (χ0v) is 11.1. The number of aromatic nitrogens is 1. The van der Waals surface area contributed by atoms with Gasteiger partial charge in [0.2, 0.25) is 0 Å². The van der Waals surface area contributed by atoms with E-state index >= 15 is 0 Å². The fraction of sp³-hybridized carbons (Fsp3) is 0.400. The lowest BCUT2D eigenvalue weighted by Crippen LogP contribution is -2.00. The molecular weight excluding hydrogens is 240 g/mol. The molecule has 0 unspecified atom stereocenters. The first-order chi connectivity index (χ1) is 9.19. The Hall–Kier alpha value is -1.81. The molecule has 0 saturated carbocycles. The van der Waals surface area contributed by atoms with E-state index in [9.17, 15) is 4.79 Å². The Morgan fingerprint density at radius 1 is 1.37 bits per heavy atom. The summed E-state index contributed by atoms with van der Waals surface area (Å²) in [5, 5.41) is 13.5. The molecule has 100 valence electrons. The second-order valence-electron chi connectivity index (χ2n) is 5.16. The summed E-state index contributed by atoms with van der Waals surface area (Å²) in [7, 11) is 0. The highest BCUT2D eigenvalue weighted by Gasteiger charge is 2.16. The Balaban J connectivity index is 2.17. The van der Waals surface area contributed by atoms with Crippen molar-refractivity contribution in [3.8, 4) is 0 Å². The highest BCUT2D eigenvalue weighted by atomic mass is 16.4. The SMILES string of the molecule is CCCn1cc(CC(=O)O)c2cc3c(cc21)CNC3. The molecule has 2 heterocycles. The van der Waals surface area contributed by atoms with Crippen LogP contribution in [0.2, 0.25) is 0 Å². The standard InChI is InChI=1S/C15H18N2O2/c1-2-3-17-9-12(6-15(18)19)13-4-10-7-16-8-11(10)5-14(13)17/h4-5,9,16H,2-3,6-8H2,1H3,(H,18,19). The van der Waals surface area contributed by atoms with Crippen molar-refractivity contribution in [1.82, 2.24) is 9.88 Å². The van der Waals surface area contributed by atoms with Crippen molar-refractivity contribution in [2.24, 2.45) is 0 Å². The Labute approximate surface area is 112 Å². The van der Waals surface area contributed by atoms with Gasteiger partial charge in [0, 0.05) is 36.7 Å². The lowest BCUT2D eigenvalue weighted by molar-refractivity contribution is -0.136. The lowest BCUT2D eigenvalue weighted by Gasteiger charge is -2.04. The molecule has 3 rings (SSSR count). The first-order valence-corrected chi connectivity index (χ1v) is 6.75. The van der Waals surface area contributed by atoms with E-state index in [0.29, 0.717) is 0 Å². The molecule has 1 aromatic heterocycles. The Kier molecular flexibility index (Phi) is 3.03. The van der Waals surface area contributed by atoms with Gasteiger partial charge in [-0.15, -0.1) is 0 Å². The van der Waals surface area contributed by atoms with Crippen LogP contribution in [0.1, 0.15) is 30.0 Å². The van der Waals surface area contributed by atoms with Crippen LogP contribution >= 0.6 is 0 Å². The van der Waals surface area contributed by atoms with Crippen LogP contribution in [0.5, 0.6) is 0 Å². The van der Waals surface area contributed by atoms with E-state index in [1.54, 1.807) is 0 Å². The smallest absolute Gasteiger partial charge is 0.307 e. The van der Waals surface area contributed by atoms with Gasteiger partial charge >= 0.3 is 5.97 Å². The number of benzene rings is 1. The number of carboxylic acids is 1. The monoisotopic (exact) mass is 258 g/mol. The third kappa shape index (κ3) is 2.12. The van der Waals surface area contributed by atoms with E-state index in [2.05, 4.69) is 28.9 Å². The molecule has 19 heavy (non-hydrogen) atoms. The van der Waals surface area contributed by atoms with Crippen molar-refractivity contribution in [2.45, 2.75) is 39.4 Å². The fourth-order valence-corrected chi connectivity index (χ4v) is 2.89. The topological polar surface area (TPSA) is 54.3 Å². The van der Waals surface area contributed by atoms with E-state index in [1.165, 1.54) is 16.6 Å². The highest BCUT2D eigenvalue weighted by Crippen LogP contribution is 2.28. The summed E-state index contributed by atoms with van der Waals surface area (Å²) in [6, 6.07) is 4.38. The van der Waals surface area contributed by atoms with Crippen molar-refractivity contribution in [2.75, 3.05) is 0 Å². The van der Waals surface area contributed by atoms with Crippen molar-refractivity contribution in [1.29, 1.82) is 0 Å². The molecule has 1 aliphatic heterocycles. The molecule has 0 fully saturated rings. The summed E-state index contributed by atoms with van der Waals surface area (Å²) in [5.41, 5.74) is 4.73. The molecular formula is C15H18N2O2. The van der Waals surface area contributed by atoms with Gasteiger partial charge in [0.15, 0.2) is 0 Å². The average molecular weight is 258 g/mol. The van der Waals surface area contributed by atoms with Gasteiger partial charge in [-0.25, -0.2) is 0 Å². The van der Waals surface area contributed by atoms with Crippen LogP contribution in [0.25, 0.3) is 10.9 Å². The van der Waals surface area contributed by atoms with Gasteiger partial charge in [-0.1, -0.05) is 6.92 Å². The minimum absolute atomic E-state index is 0.0967. The maximum Gasteiger partial charge on any atom is 0.307 e. The van der Waals surface area contributed by atoms with Gasteiger partial charge in [-0.05, 0) is 35.2 Å². The minimum Gasteiger partial charge on any atom is -0.481 e. The predicted molar refractivity (Wildman–Crippen MR) is 74.1 cm³/mol. The number of carbonyl (C=O) groups is 1. The molecule has 0 atom stereocenters. The summed E-state index contributed by atoms with van der Waals surface area (Å²) in [5.74, 6) is -0.769. The number of carboxylic acid groups (broad SMARTS) is 1. The van der Waals surface area contributed by atoms with E-state index in [0.717, 1.165) is 37.0 Å². The number of aryl methyl sites for hydroxylation is 1. The largest absolute Gasteiger partial charge is 0.481 e. The van der Waals surface area contributed by atoms with E-state index in [1.807, 2.05) is 6.20 Å².